The lowest BCUT2D eigenvalue weighted by Crippen LogP contribution is -2.32. The number of halogens is 2. The van der Waals surface area contributed by atoms with Crippen LogP contribution in [0.2, 0.25) is 5.02 Å². The zero-order valence-electron chi connectivity index (χ0n) is 14.1. The molecule has 0 aliphatic rings. The molecule has 0 fully saturated rings. The van der Waals surface area contributed by atoms with E-state index in [0.29, 0.717) is 23.9 Å². The third kappa shape index (κ3) is 6.96. The zero-order chi connectivity index (χ0) is 18.1. The number of amides is 1. The minimum atomic E-state index is -0.221. The molecule has 2 rings (SSSR count). The molecule has 2 aromatic carbocycles. The highest BCUT2D eigenvalue weighted by Crippen LogP contribution is 2.27. The van der Waals surface area contributed by atoms with Gasteiger partial charge in [0.1, 0.15) is 18.1 Å². The van der Waals surface area contributed by atoms with Crippen LogP contribution in [0.5, 0.6) is 11.5 Å². The van der Waals surface area contributed by atoms with Gasteiger partial charge in [0, 0.05) is 4.47 Å². The van der Waals surface area contributed by atoms with Crippen LogP contribution in [-0.4, -0.2) is 25.7 Å². The molecule has 1 amide bonds. The molecule has 0 spiro atoms. The van der Waals surface area contributed by atoms with Gasteiger partial charge >= 0.3 is 0 Å². The Bertz CT molecular complexity index is 692. The van der Waals surface area contributed by atoms with Crippen molar-refractivity contribution in [1.82, 2.24) is 5.32 Å². The van der Waals surface area contributed by atoms with Gasteiger partial charge in [-0.05, 0) is 42.3 Å². The molecule has 0 heterocycles. The molecule has 0 unspecified atom stereocenters. The first-order chi connectivity index (χ1) is 12.1. The second-order valence-corrected chi connectivity index (χ2v) is 6.78. The van der Waals surface area contributed by atoms with Crippen LogP contribution in [0.3, 0.4) is 0 Å². The number of rotatable bonds is 9. The molecular formula is C19H21BrClNO3. The molecule has 2 aromatic rings. The predicted octanol–water partition coefficient (Wildman–Crippen LogP) is 4.63. The maximum Gasteiger partial charge on any atom is 0.258 e. The topological polar surface area (TPSA) is 47.6 Å². The summed E-state index contributed by atoms with van der Waals surface area (Å²) in [7, 11) is 0. The largest absolute Gasteiger partial charge is 0.492 e. The van der Waals surface area contributed by atoms with Crippen molar-refractivity contribution in [3.05, 3.63) is 57.5 Å². The van der Waals surface area contributed by atoms with E-state index in [0.717, 1.165) is 23.1 Å². The smallest absolute Gasteiger partial charge is 0.258 e. The summed E-state index contributed by atoms with van der Waals surface area (Å²) in [6, 6.07) is 13.3. The first-order valence-corrected chi connectivity index (χ1v) is 9.32. The van der Waals surface area contributed by atoms with E-state index in [-0.39, 0.29) is 12.5 Å². The van der Waals surface area contributed by atoms with Gasteiger partial charge in [0.05, 0.1) is 11.6 Å². The molecule has 25 heavy (non-hydrogen) atoms. The van der Waals surface area contributed by atoms with E-state index < -0.39 is 0 Å². The minimum Gasteiger partial charge on any atom is -0.492 e. The molecule has 6 heteroatoms. The van der Waals surface area contributed by atoms with Crippen molar-refractivity contribution in [2.24, 2.45) is 0 Å². The third-order valence-electron chi connectivity index (χ3n) is 3.41. The molecule has 0 saturated carbocycles. The fraction of sp³-hybridized carbons (Fsp3) is 0.316. The Balaban J connectivity index is 1.65. The molecule has 0 atom stereocenters. The summed E-state index contributed by atoms with van der Waals surface area (Å²) >= 11 is 9.35. The molecule has 0 aromatic heterocycles. The Morgan fingerprint density at radius 3 is 2.60 bits per heavy atom. The van der Waals surface area contributed by atoms with Crippen molar-refractivity contribution in [2.45, 2.75) is 19.8 Å². The maximum absolute atomic E-state index is 11.8. The van der Waals surface area contributed by atoms with Gasteiger partial charge in [-0.1, -0.05) is 53.0 Å². The van der Waals surface area contributed by atoms with E-state index in [2.05, 4.69) is 40.3 Å². The van der Waals surface area contributed by atoms with Crippen LogP contribution in [0.1, 0.15) is 18.9 Å². The number of nitrogens with one attached hydrogen (secondary N) is 1. The number of aryl methyl sites for hydroxylation is 1. The summed E-state index contributed by atoms with van der Waals surface area (Å²) in [4.78, 5) is 11.8. The average molecular weight is 427 g/mol. The molecule has 0 bridgehead atoms. The van der Waals surface area contributed by atoms with Gasteiger partial charge in [0.25, 0.3) is 5.91 Å². The number of hydrogen-bond donors (Lipinski definition) is 1. The van der Waals surface area contributed by atoms with Crippen molar-refractivity contribution in [3.63, 3.8) is 0 Å². The number of carbonyl (C=O) groups is 1. The Morgan fingerprint density at radius 2 is 1.92 bits per heavy atom. The van der Waals surface area contributed by atoms with Gasteiger partial charge in [0.15, 0.2) is 6.61 Å². The highest BCUT2D eigenvalue weighted by molar-refractivity contribution is 9.10. The van der Waals surface area contributed by atoms with Gasteiger partial charge in [-0.3, -0.25) is 4.79 Å². The summed E-state index contributed by atoms with van der Waals surface area (Å²) in [6.07, 6.45) is 2.19. The van der Waals surface area contributed by atoms with Crippen LogP contribution in [0.25, 0.3) is 0 Å². The Kier molecular flexibility index (Phi) is 8.09. The SMILES string of the molecule is CCCc1ccc(OCCNC(=O)COc2ccc(Br)cc2Cl)cc1. The molecule has 0 radical (unpaired) electrons. The molecule has 0 aliphatic heterocycles. The van der Waals surface area contributed by atoms with Crippen molar-refractivity contribution >= 4 is 33.4 Å². The van der Waals surface area contributed by atoms with Crippen LogP contribution >= 0.6 is 27.5 Å². The van der Waals surface area contributed by atoms with Gasteiger partial charge in [-0.15, -0.1) is 0 Å². The highest BCUT2D eigenvalue weighted by atomic mass is 79.9. The fourth-order valence-corrected chi connectivity index (χ4v) is 2.91. The second-order valence-electron chi connectivity index (χ2n) is 5.46. The molecule has 134 valence electrons. The Hall–Kier alpha value is -1.72. The first kappa shape index (κ1) is 19.6. The van der Waals surface area contributed by atoms with Crippen molar-refractivity contribution < 1.29 is 14.3 Å². The van der Waals surface area contributed by atoms with Gasteiger partial charge in [-0.25, -0.2) is 0 Å². The van der Waals surface area contributed by atoms with Gasteiger partial charge in [-0.2, -0.15) is 0 Å². The monoisotopic (exact) mass is 425 g/mol. The Morgan fingerprint density at radius 1 is 1.16 bits per heavy atom. The van der Waals surface area contributed by atoms with Crippen LogP contribution in [0, 0.1) is 0 Å². The summed E-state index contributed by atoms with van der Waals surface area (Å²) in [6.45, 7) is 2.87. The minimum absolute atomic E-state index is 0.0902. The lowest BCUT2D eigenvalue weighted by atomic mass is 10.1. The lowest BCUT2D eigenvalue weighted by molar-refractivity contribution is -0.123. The van der Waals surface area contributed by atoms with Crippen molar-refractivity contribution in [2.75, 3.05) is 19.8 Å². The summed E-state index contributed by atoms with van der Waals surface area (Å²) in [5.74, 6) is 1.05. The van der Waals surface area contributed by atoms with Crippen LogP contribution in [0.15, 0.2) is 46.9 Å². The number of hydrogen-bond acceptors (Lipinski definition) is 3. The van der Waals surface area contributed by atoms with E-state index in [1.807, 2.05) is 12.1 Å². The van der Waals surface area contributed by atoms with Crippen molar-refractivity contribution in [3.8, 4) is 11.5 Å². The van der Waals surface area contributed by atoms with Crippen LogP contribution in [-0.2, 0) is 11.2 Å². The molecule has 4 nitrogen and oxygen atoms in total. The number of benzene rings is 2. The number of carbonyl (C=O) groups excluding carboxylic acids is 1. The fourth-order valence-electron chi connectivity index (χ4n) is 2.19. The van der Waals surface area contributed by atoms with E-state index in [1.165, 1.54) is 5.56 Å². The first-order valence-electron chi connectivity index (χ1n) is 8.14. The van der Waals surface area contributed by atoms with E-state index in [1.54, 1.807) is 18.2 Å². The summed E-state index contributed by atoms with van der Waals surface area (Å²) < 4.78 is 11.9. The Labute approximate surface area is 161 Å². The quantitative estimate of drug-likeness (QED) is 0.595. The summed E-state index contributed by atoms with van der Waals surface area (Å²) in [5, 5.41) is 3.20. The number of ether oxygens (including phenoxy) is 2. The second kappa shape index (κ2) is 10.3. The maximum atomic E-state index is 11.8. The van der Waals surface area contributed by atoms with Gasteiger partial charge < -0.3 is 14.8 Å². The molecule has 1 N–H and O–H groups in total. The van der Waals surface area contributed by atoms with Crippen LogP contribution < -0.4 is 14.8 Å². The molecular weight excluding hydrogens is 406 g/mol. The lowest BCUT2D eigenvalue weighted by Gasteiger charge is -2.10. The molecule has 0 saturated heterocycles. The van der Waals surface area contributed by atoms with Crippen LogP contribution in [0.4, 0.5) is 0 Å². The zero-order valence-corrected chi connectivity index (χ0v) is 16.4. The van der Waals surface area contributed by atoms with E-state index in [4.69, 9.17) is 21.1 Å². The standard InChI is InChI=1S/C19H21BrClNO3/c1-2-3-14-4-7-16(8-5-14)24-11-10-22-19(23)13-25-18-9-6-15(20)12-17(18)21/h4-9,12H,2-3,10-11,13H2,1H3,(H,22,23). The van der Waals surface area contributed by atoms with E-state index >= 15 is 0 Å². The molecule has 0 aliphatic carbocycles. The van der Waals surface area contributed by atoms with Gasteiger partial charge in [0.2, 0.25) is 0 Å². The van der Waals surface area contributed by atoms with Crippen molar-refractivity contribution in [1.29, 1.82) is 0 Å². The summed E-state index contributed by atoms with van der Waals surface area (Å²) in [5.41, 5.74) is 1.30. The predicted molar refractivity (Wildman–Crippen MR) is 104 cm³/mol. The third-order valence-corrected chi connectivity index (χ3v) is 4.20. The average Bonchev–Trinajstić information content (AvgIpc) is 2.59. The normalized spacial score (nSPS) is 10.4. The van der Waals surface area contributed by atoms with E-state index in [9.17, 15) is 4.79 Å². The highest BCUT2D eigenvalue weighted by Gasteiger charge is 2.06.